The largest absolute Gasteiger partial charge is 0.462 e. The van der Waals surface area contributed by atoms with Gasteiger partial charge in [-0.3, -0.25) is 9.59 Å². The molecular formula is C22H23N3O4S. The highest BCUT2D eigenvalue weighted by molar-refractivity contribution is 7.15. The summed E-state index contributed by atoms with van der Waals surface area (Å²) in [5.41, 5.74) is 1.27. The van der Waals surface area contributed by atoms with Crippen molar-refractivity contribution in [2.75, 3.05) is 11.9 Å². The van der Waals surface area contributed by atoms with E-state index in [1.807, 2.05) is 19.2 Å². The number of nitrogens with one attached hydrogen (secondary N) is 1. The van der Waals surface area contributed by atoms with Crippen LogP contribution in [0.25, 0.3) is 10.8 Å². The predicted molar refractivity (Wildman–Crippen MR) is 117 cm³/mol. The highest BCUT2D eigenvalue weighted by atomic mass is 32.1. The van der Waals surface area contributed by atoms with Crippen molar-refractivity contribution in [1.82, 2.24) is 9.78 Å². The zero-order valence-electron chi connectivity index (χ0n) is 17.1. The molecule has 30 heavy (non-hydrogen) atoms. The summed E-state index contributed by atoms with van der Waals surface area (Å²) in [4.78, 5) is 38.5. The SMILES string of the molecule is CCOC(=O)c1c(C2CC2)csc1NC(=O)c1nn(C(C)C)c(=O)c2ccccc12. The van der Waals surface area contributed by atoms with E-state index in [1.54, 1.807) is 31.2 Å². The molecule has 8 heteroatoms. The Morgan fingerprint density at radius 3 is 2.60 bits per heavy atom. The van der Waals surface area contributed by atoms with Crippen molar-refractivity contribution in [3.63, 3.8) is 0 Å². The Kier molecular flexibility index (Phi) is 5.42. The lowest BCUT2D eigenvalue weighted by molar-refractivity contribution is 0.0527. The van der Waals surface area contributed by atoms with Gasteiger partial charge in [0.2, 0.25) is 0 Å². The predicted octanol–water partition coefficient (Wildman–Crippen LogP) is 4.35. The monoisotopic (exact) mass is 425 g/mol. The second-order valence-electron chi connectivity index (χ2n) is 7.58. The van der Waals surface area contributed by atoms with Gasteiger partial charge in [0.1, 0.15) is 5.00 Å². The van der Waals surface area contributed by atoms with Gasteiger partial charge in [-0.25, -0.2) is 9.48 Å². The fraction of sp³-hybridized carbons (Fsp3) is 0.364. The maximum absolute atomic E-state index is 13.2. The number of carbonyl (C=O) groups is 2. The maximum atomic E-state index is 13.2. The number of rotatable bonds is 6. The quantitative estimate of drug-likeness (QED) is 0.593. The molecule has 0 aliphatic heterocycles. The number of hydrogen-bond acceptors (Lipinski definition) is 6. The van der Waals surface area contributed by atoms with Crippen LogP contribution in [0.4, 0.5) is 5.00 Å². The van der Waals surface area contributed by atoms with Crippen LogP contribution in [0.3, 0.4) is 0 Å². The molecule has 1 aromatic carbocycles. The Balaban J connectivity index is 1.77. The molecule has 3 aromatic rings. The summed E-state index contributed by atoms with van der Waals surface area (Å²) in [6.45, 7) is 5.69. The second kappa shape index (κ2) is 8.02. The van der Waals surface area contributed by atoms with Crippen molar-refractivity contribution in [2.24, 2.45) is 0 Å². The molecule has 2 aromatic heterocycles. The van der Waals surface area contributed by atoms with E-state index in [-0.39, 0.29) is 23.9 Å². The fourth-order valence-corrected chi connectivity index (χ4v) is 4.48. The third kappa shape index (κ3) is 3.63. The number of anilines is 1. The van der Waals surface area contributed by atoms with E-state index >= 15 is 0 Å². The lowest BCUT2D eigenvalue weighted by atomic mass is 10.1. The molecule has 1 saturated carbocycles. The third-order valence-electron chi connectivity index (χ3n) is 5.08. The Morgan fingerprint density at radius 1 is 1.27 bits per heavy atom. The van der Waals surface area contributed by atoms with Gasteiger partial charge in [-0.1, -0.05) is 18.2 Å². The zero-order chi connectivity index (χ0) is 21.4. The normalized spacial score (nSPS) is 13.6. The Hall–Kier alpha value is -3.00. The molecule has 7 nitrogen and oxygen atoms in total. The van der Waals surface area contributed by atoms with Crippen molar-refractivity contribution in [1.29, 1.82) is 0 Å². The fourth-order valence-electron chi connectivity index (χ4n) is 3.46. The summed E-state index contributed by atoms with van der Waals surface area (Å²) >= 11 is 1.31. The molecule has 156 valence electrons. The number of ether oxygens (including phenoxy) is 1. The summed E-state index contributed by atoms with van der Waals surface area (Å²) < 4.78 is 6.54. The molecule has 1 aliphatic carbocycles. The number of esters is 1. The Morgan fingerprint density at radius 2 is 1.97 bits per heavy atom. The van der Waals surface area contributed by atoms with E-state index in [1.165, 1.54) is 16.0 Å². The standard InChI is InChI=1S/C22H23N3O4S/c1-4-29-22(28)17-16(13-9-10-13)11-30-20(17)23-19(26)18-14-7-5-6-8-15(14)21(27)25(24-18)12(2)3/h5-8,11-13H,4,9-10H2,1-3H3,(H,23,26). The average molecular weight is 426 g/mol. The van der Waals surface area contributed by atoms with Gasteiger partial charge in [0, 0.05) is 5.39 Å². The topological polar surface area (TPSA) is 90.3 Å². The molecule has 0 saturated heterocycles. The molecule has 1 fully saturated rings. The third-order valence-corrected chi connectivity index (χ3v) is 5.99. The number of fused-ring (bicyclic) bond motifs is 1. The van der Waals surface area contributed by atoms with E-state index in [2.05, 4.69) is 10.4 Å². The summed E-state index contributed by atoms with van der Waals surface area (Å²) in [5.74, 6) is -0.552. The highest BCUT2D eigenvalue weighted by Gasteiger charge is 2.32. The van der Waals surface area contributed by atoms with Crippen molar-refractivity contribution in [3.8, 4) is 0 Å². The van der Waals surface area contributed by atoms with Crippen LogP contribution < -0.4 is 10.9 Å². The van der Waals surface area contributed by atoms with Gasteiger partial charge in [0.25, 0.3) is 11.5 Å². The number of hydrogen-bond donors (Lipinski definition) is 1. The first-order chi connectivity index (χ1) is 14.4. The van der Waals surface area contributed by atoms with Crippen LogP contribution in [0, 0.1) is 0 Å². The average Bonchev–Trinajstić information content (AvgIpc) is 3.48. The molecule has 1 amide bonds. The molecule has 1 aliphatic rings. The van der Waals surface area contributed by atoms with E-state index < -0.39 is 11.9 Å². The second-order valence-corrected chi connectivity index (χ2v) is 8.46. The van der Waals surface area contributed by atoms with Crippen LogP contribution in [-0.4, -0.2) is 28.3 Å². The van der Waals surface area contributed by atoms with Crippen LogP contribution in [0.5, 0.6) is 0 Å². The van der Waals surface area contributed by atoms with Gasteiger partial charge in [0.05, 0.1) is 23.6 Å². The number of amides is 1. The molecule has 1 N–H and O–H groups in total. The minimum atomic E-state index is -0.463. The molecule has 0 atom stereocenters. The van der Waals surface area contributed by atoms with E-state index in [0.29, 0.717) is 27.3 Å². The first kappa shape index (κ1) is 20.3. The Labute approximate surface area is 177 Å². The van der Waals surface area contributed by atoms with Gasteiger partial charge < -0.3 is 10.1 Å². The number of nitrogens with zero attached hydrogens (tertiary/aromatic N) is 2. The molecule has 0 spiro atoms. The van der Waals surface area contributed by atoms with Gasteiger partial charge in [-0.05, 0) is 56.5 Å². The summed E-state index contributed by atoms with van der Waals surface area (Å²) in [6, 6.07) is 6.72. The van der Waals surface area contributed by atoms with E-state index in [4.69, 9.17) is 4.74 Å². The number of aromatic nitrogens is 2. The summed E-state index contributed by atoms with van der Waals surface area (Å²) in [6.07, 6.45) is 2.06. The summed E-state index contributed by atoms with van der Waals surface area (Å²) in [5, 5.41) is 10.5. The first-order valence-electron chi connectivity index (χ1n) is 10.0. The lowest BCUT2D eigenvalue weighted by Crippen LogP contribution is -2.29. The zero-order valence-corrected chi connectivity index (χ0v) is 17.9. The molecule has 0 unspecified atom stereocenters. The van der Waals surface area contributed by atoms with Crippen molar-refractivity contribution >= 4 is 39.0 Å². The molecule has 0 bridgehead atoms. The van der Waals surface area contributed by atoms with Crippen LogP contribution in [0.1, 0.15) is 72.0 Å². The van der Waals surface area contributed by atoms with Crippen molar-refractivity contribution in [2.45, 2.75) is 45.6 Å². The van der Waals surface area contributed by atoms with Crippen LogP contribution >= 0.6 is 11.3 Å². The van der Waals surface area contributed by atoms with Gasteiger partial charge in [0.15, 0.2) is 5.69 Å². The molecule has 2 heterocycles. The van der Waals surface area contributed by atoms with Crippen LogP contribution in [0.15, 0.2) is 34.4 Å². The number of thiophene rings is 1. The smallest absolute Gasteiger partial charge is 0.341 e. The van der Waals surface area contributed by atoms with Crippen LogP contribution in [0.2, 0.25) is 0 Å². The molecular weight excluding hydrogens is 402 g/mol. The number of carbonyl (C=O) groups excluding carboxylic acids is 2. The van der Waals surface area contributed by atoms with Crippen molar-refractivity contribution < 1.29 is 14.3 Å². The van der Waals surface area contributed by atoms with E-state index in [0.717, 1.165) is 18.4 Å². The Bertz CT molecular complexity index is 1190. The van der Waals surface area contributed by atoms with Gasteiger partial charge in [-0.2, -0.15) is 5.10 Å². The maximum Gasteiger partial charge on any atom is 0.341 e. The number of benzene rings is 1. The summed E-state index contributed by atoms with van der Waals surface area (Å²) in [7, 11) is 0. The first-order valence-corrected chi connectivity index (χ1v) is 10.9. The van der Waals surface area contributed by atoms with E-state index in [9.17, 15) is 14.4 Å². The molecule has 4 rings (SSSR count). The molecule has 0 radical (unpaired) electrons. The van der Waals surface area contributed by atoms with Gasteiger partial charge in [-0.15, -0.1) is 11.3 Å². The van der Waals surface area contributed by atoms with Crippen molar-refractivity contribution in [3.05, 3.63) is 56.8 Å². The minimum absolute atomic E-state index is 0.148. The highest BCUT2D eigenvalue weighted by Crippen LogP contribution is 2.46. The minimum Gasteiger partial charge on any atom is -0.462 e. The lowest BCUT2D eigenvalue weighted by Gasteiger charge is -2.13. The van der Waals surface area contributed by atoms with Crippen LogP contribution in [-0.2, 0) is 4.74 Å². The van der Waals surface area contributed by atoms with Gasteiger partial charge >= 0.3 is 5.97 Å².